The number of hydrogen-bond acceptors (Lipinski definition) is 3. The van der Waals surface area contributed by atoms with E-state index in [-0.39, 0.29) is 6.04 Å². The minimum atomic E-state index is -0.567. The van der Waals surface area contributed by atoms with Crippen molar-refractivity contribution in [2.24, 2.45) is 4.99 Å². The molecule has 0 bridgehead atoms. The molecule has 0 saturated heterocycles. The predicted octanol–water partition coefficient (Wildman–Crippen LogP) is 5.83. The van der Waals surface area contributed by atoms with Crippen LogP contribution in [0.3, 0.4) is 0 Å². The third-order valence-corrected chi connectivity index (χ3v) is 3.62. The average molecular weight is 357 g/mol. The normalized spacial score (nSPS) is 11.8. The smallest absolute Gasteiger partial charge is 0.410 e. The summed E-state index contributed by atoms with van der Waals surface area (Å²) in [5.74, 6) is 0.476. The Hall–Kier alpha value is -2.59. The van der Waals surface area contributed by atoms with Crippen LogP contribution in [0.25, 0.3) is 5.57 Å². The van der Waals surface area contributed by atoms with Crippen molar-refractivity contribution in [1.29, 1.82) is 0 Å². The number of anilines is 1. The number of hydrogen-bond donors (Lipinski definition) is 1. The molecule has 0 fully saturated rings. The van der Waals surface area contributed by atoms with Crippen molar-refractivity contribution >= 4 is 35.2 Å². The van der Waals surface area contributed by atoms with Gasteiger partial charge >= 0.3 is 6.09 Å². The molecule has 130 valence electrons. The molecule has 4 nitrogen and oxygen atoms in total. The van der Waals surface area contributed by atoms with Crippen molar-refractivity contribution in [3.8, 4) is 5.75 Å². The molecule has 0 heterocycles. The van der Waals surface area contributed by atoms with Crippen LogP contribution in [-0.2, 0) is 0 Å². The zero-order valence-corrected chi connectivity index (χ0v) is 15.2. The number of nitrogens with one attached hydrogen (secondary N) is 1. The fraction of sp³-hybridized carbons (Fsp3) is 0.200. The summed E-state index contributed by atoms with van der Waals surface area (Å²) in [5, 5.41) is 3.20. The lowest BCUT2D eigenvalue weighted by molar-refractivity contribution is 0.215. The number of para-hydroxylation sites is 1. The van der Waals surface area contributed by atoms with Crippen molar-refractivity contribution < 1.29 is 9.53 Å². The maximum atomic E-state index is 11.9. The van der Waals surface area contributed by atoms with E-state index in [1.165, 1.54) is 0 Å². The number of amides is 1. The van der Waals surface area contributed by atoms with Crippen LogP contribution in [0.15, 0.2) is 59.6 Å². The molecule has 2 rings (SSSR count). The number of halogens is 1. The molecular formula is C20H21ClN2O2. The zero-order valence-electron chi connectivity index (χ0n) is 14.5. The number of carbonyl (C=O) groups excluding carboxylic acids is 1. The van der Waals surface area contributed by atoms with E-state index in [2.05, 4.69) is 10.3 Å². The fourth-order valence-electron chi connectivity index (χ4n) is 2.09. The SMILES string of the molecule is C/C=C(\C=NC(C)C)c1ccc(NC(=O)Oc2ccccc2)cc1Cl. The minimum absolute atomic E-state index is 0.211. The number of benzene rings is 2. The maximum Gasteiger partial charge on any atom is 0.417 e. The Morgan fingerprint density at radius 3 is 2.52 bits per heavy atom. The summed E-state index contributed by atoms with van der Waals surface area (Å²) < 4.78 is 5.20. The molecule has 0 unspecified atom stereocenters. The molecular weight excluding hydrogens is 336 g/mol. The fourth-order valence-corrected chi connectivity index (χ4v) is 2.38. The Bertz CT molecular complexity index is 784. The zero-order chi connectivity index (χ0) is 18.2. The standard InChI is InChI=1S/C20H21ClN2O2/c1-4-15(13-22-14(2)3)18-11-10-16(12-19(18)21)23-20(24)25-17-8-6-5-7-9-17/h4-14H,1-3H3,(H,23,24)/b15-4+,22-13?. The van der Waals surface area contributed by atoms with Gasteiger partial charge in [-0.2, -0.15) is 0 Å². The van der Waals surface area contributed by atoms with Gasteiger partial charge in [0.2, 0.25) is 0 Å². The maximum absolute atomic E-state index is 11.9. The Balaban J connectivity index is 2.09. The van der Waals surface area contributed by atoms with E-state index in [0.717, 1.165) is 11.1 Å². The molecule has 1 N–H and O–H groups in total. The third kappa shape index (κ3) is 5.76. The molecule has 25 heavy (non-hydrogen) atoms. The van der Waals surface area contributed by atoms with Crippen molar-refractivity contribution in [3.63, 3.8) is 0 Å². The van der Waals surface area contributed by atoms with Crippen LogP contribution in [0.1, 0.15) is 26.3 Å². The second-order valence-corrected chi connectivity index (χ2v) is 6.05. The molecule has 0 spiro atoms. The molecule has 0 saturated carbocycles. The summed E-state index contributed by atoms with van der Waals surface area (Å²) in [7, 11) is 0. The van der Waals surface area contributed by atoms with Crippen molar-refractivity contribution in [1.82, 2.24) is 0 Å². The van der Waals surface area contributed by atoms with E-state index in [1.807, 2.05) is 45.2 Å². The largest absolute Gasteiger partial charge is 0.417 e. The lowest BCUT2D eigenvalue weighted by Crippen LogP contribution is -2.16. The molecule has 2 aromatic carbocycles. The molecule has 2 aromatic rings. The van der Waals surface area contributed by atoms with E-state index in [4.69, 9.17) is 16.3 Å². The van der Waals surface area contributed by atoms with Gasteiger partial charge in [-0.3, -0.25) is 10.3 Å². The van der Waals surface area contributed by atoms with E-state index in [9.17, 15) is 4.79 Å². The molecule has 1 amide bonds. The summed E-state index contributed by atoms with van der Waals surface area (Å²) in [4.78, 5) is 16.3. The van der Waals surface area contributed by atoms with Gasteiger partial charge in [0, 0.05) is 23.5 Å². The van der Waals surface area contributed by atoms with E-state index in [1.54, 1.807) is 36.4 Å². The summed E-state index contributed by atoms with van der Waals surface area (Å²) in [6.45, 7) is 5.95. The molecule has 0 atom stereocenters. The second kappa shape index (κ2) is 9.04. The number of allylic oxidation sites excluding steroid dienone is 2. The van der Waals surface area contributed by atoms with Gasteiger partial charge in [0.05, 0.1) is 5.02 Å². The van der Waals surface area contributed by atoms with Crippen LogP contribution in [0.5, 0.6) is 5.75 Å². The molecule has 0 aromatic heterocycles. The number of carbonyl (C=O) groups is 1. The summed E-state index contributed by atoms with van der Waals surface area (Å²) >= 11 is 6.37. The lowest BCUT2D eigenvalue weighted by atomic mass is 10.1. The number of ether oxygens (including phenoxy) is 1. The predicted molar refractivity (Wildman–Crippen MR) is 105 cm³/mol. The van der Waals surface area contributed by atoms with Crippen LogP contribution < -0.4 is 10.1 Å². The van der Waals surface area contributed by atoms with Crippen LogP contribution in [0, 0.1) is 0 Å². The topological polar surface area (TPSA) is 50.7 Å². The Morgan fingerprint density at radius 1 is 1.20 bits per heavy atom. The molecule has 0 aliphatic carbocycles. The molecule has 5 heteroatoms. The van der Waals surface area contributed by atoms with Gasteiger partial charge in [0.25, 0.3) is 0 Å². The Labute approximate surface area is 153 Å². The minimum Gasteiger partial charge on any atom is -0.410 e. The van der Waals surface area contributed by atoms with Crippen molar-refractivity contribution in [2.45, 2.75) is 26.8 Å². The Morgan fingerprint density at radius 2 is 1.92 bits per heavy atom. The first-order valence-electron chi connectivity index (χ1n) is 8.03. The first-order chi connectivity index (χ1) is 12.0. The van der Waals surface area contributed by atoms with Gasteiger partial charge in [0.1, 0.15) is 5.75 Å². The summed E-state index contributed by atoms with van der Waals surface area (Å²) in [5.41, 5.74) is 2.35. The highest BCUT2D eigenvalue weighted by atomic mass is 35.5. The van der Waals surface area contributed by atoms with Gasteiger partial charge in [0.15, 0.2) is 0 Å². The summed E-state index contributed by atoms with van der Waals surface area (Å²) in [6.07, 6.45) is 3.19. The number of nitrogens with zero attached hydrogens (tertiary/aromatic N) is 1. The number of aliphatic imine (C=N–C) groups is 1. The molecule has 0 aliphatic rings. The van der Waals surface area contributed by atoms with E-state index < -0.39 is 6.09 Å². The number of rotatable bonds is 5. The Kier molecular flexibility index (Phi) is 6.78. The van der Waals surface area contributed by atoms with Gasteiger partial charge in [-0.15, -0.1) is 0 Å². The third-order valence-electron chi connectivity index (χ3n) is 3.30. The van der Waals surface area contributed by atoms with Crippen LogP contribution in [-0.4, -0.2) is 18.3 Å². The molecule has 0 aliphatic heterocycles. The first-order valence-corrected chi connectivity index (χ1v) is 8.40. The highest BCUT2D eigenvalue weighted by Gasteiger charge is 2.09. The quantitative estimate of drug-likeness (QED) is 0.685. The van der Waals surface area contributed by atoms with Crippen LogP contribution in [0.4, 0.5) is 10.5 Å². The lowest BCUT2D eigenvalue weighted by Gasteiger charge is -2.10. The van der Waals surface area contributed by atoms with Gasteiger partial charge in [-0.1, -0.05) is 41.9 Å². The van der Waals surface area contributed by atoms with Crippen molar-refractivity contribution in [2.75, 3.05) is 5.32 Å². The van der Waals surface area contributed by atoms with E-state index in [0.29, 0.717) is 16.5 Å². The van der Waals surface area contributed by atoms with Crippen molar-refractivity contribution in [3.05, 3.63) is 65.2 Å². The van der Waals surface area contributed by atoms with Crippen LogP contribution in [0.2, 0.25) is 5.02 Å². The van der Waals surface area contributed by atoms with E-state index >= 15 is 0 Å². The highest BCUT2D eigenvalue weighted by Crippen LogP contribution is 2.26. The van der Waals surface area contributed by atoms with Crippen LogP contribution >= 0.6 is 11.6 Å². The van der Waals surface area contributed by atoms with Gasteiger partial charge < -0.3 is 4.74 Å². The monoisotopic (exact) mass is 356 g/mol. The summed E-state index contributed by atoms with van der Waals surface area (Å²) in [6, 6.07) is 14.4. The molecule has 0 radical (unpaired) electrons. The average Bonchev–Trinajstić information content (AvgIpc) is 2.57. The highest BCUT2D eigenvalue weighted by molar-refractivity contribution is 6.34. The van der Waals surface area contributed by atoms with Gasteiger partial charge in [-0.05, 0) is 50.6 Å². The first kappa shape index (κ1) is 18.7. The second-order valence-electron chi connectivity index (χ2n) is 5.64. The van der Waals surface area contributed by atoms with Gasteiger partial charge in [-0.25, -0.2) is 4.79 Å².